The summed E-state index contributed by atoms with van der Waals surface area (Å²) in [7, 11) is 0. The van der Waals surface area contributed by atoms with Gasteiger partial charge in [0.25, 0.3) is 0 Å². The van der Waals surface area contributed by atoms with Gasteiger partial charge in [0.05, 0.1) is 0 Å². The highest BCUT2D eigenvalue weighted by atomic mass is 16.2. The molecule has 0 spiro atoms. The molecule has 0 aromatic carbocycles. The summed E-state index contributed by atoms with van der Waals surface area (Å²) in [4.78, 5) is 26.5. The highest BCUT2D eigenvalue weighted by Crippen LogP contribution is 2.18. The molecular formula is C11H19N3O2. The van der Waals surface area contributed by atoms with Crippen molar-refractivity contribution in [3.8, 4) is 0 Å². The maximum atomic E-state index is 11.8. The number of amides is 3. The summed E-state index contributed by atoms with van der Waals surface area (Å²) in [6.45, 7) is 4.20. The fourth-order valence-electron chi connectivity index (χ4n) is 2.04. The van der Waals surface area contributed by atoms with Gasteiger partial charge in [0.2, 0.25) is 5.91 Å². The van der Waals surface area contributed by atoms with E-state index in [0.717, 1.165) is 12.8 Å². The van der Waals surface area contributed by atoms with Crippen LogP contribution in [0.25, 0.3) is 0 Å². The number of urea groups is 1. The Morgan fingerprint density at radius 2 is 1.62 bits per heavy atom. The van der Waals surface area contributed by atoms with E-state index in [9.17, 15) is 9.59 Å². The second-order valence-electron chi connectivity index (χ2n) is 4.57. The van der Waals surface area contributed by atoms with Gasteiger partial charge in [0.1, 0.15) is 0 Å². The van der Waals surface area contributed by atoms with Gasteiger partial charge < -0.3 is 15.1 Å². The molecule has 5 heteroatoms. The molecule has 0 atom stereocenters. The van der Waals surface area contributed by atoms with E-state index in [1.54, 1.807) is 16.7 Å². The molecule has 0 aromatic heterocycles. The van der Waals surface area contributed by atoms with Gasteiger partial charge in [-0.05, 0) is 19.3 Å². The van der Waals surface area contributed by atoms with E-state index in [2.05, 4.69) is 5.32 Å². The van der Waals surface area contributed by atoms with Crippen LogP contribution in [0.1, 0.15) is 26.2 Å². The molecule has 5 nitrogen and oxygen atoms in total. The molecule has 1 saturated heterocycles. The van der Waals surface area contributed by atoms with Gasteiger partial charge >= 0.3 is 6.03 Å². The van der Waals surface area contributed by atoms with Crippen molar-refractivity contribution >= 4 is 11.9 Å². The predicted molar refractivity (Wildman–Crippen MR) is 60.0 cm³/mol. The van der Waals surface area contributed by atoms with Crippen LogP contribution in [-0.2, 0) is 4.79 Å². The van der Waals surface area contributed by atoms with Crippen molar-refractivity contribution in [2.24, 2.45) is 0 Å². The first kappa shape index (κ1) is 11.2. The van der Waals surface area contributed by atoms with E-state index in [-0.39, 0.29) is 11.9 Å². The molecule has 1 aliphatic carbocycles. The lowest BCUT2D eigenvalue weighted by atomic mass is 9.93. The average molecular weight is 225 g/mol. The zero-order chi connectivity index (χ0) is 11.5. The zero-order valence-electron chi connectivity index (χ0n) is 9.74. The van der Waals surface area contributed by atoms with E-state index < -0.39 is 0 Å². The fourth-order valence-corrected chi connectivity index (χ4v) is 2.04. The quantitative estimate of drug-likeness (QED) is 0.703. The van der Waals surface area contributed by atoms with Crippen LogP contribution in [-0.4, -0.2) is 54.0 Å². The van der Waals surface area contributed by atoms with E-state index in [4.69, 9.17) is 0 Å². The molecule has 2 rings (SSSR count). The maximum absolute atomic E-state index is 11.8. The molecule has 0 bridgehead atoms. The first-order valence-corrected chi connectivity index (χ1v) is 5.98. The van der Waals surface area contributed by atoms with Crippen LogP contribution in [0, 0.1) is 0 Å². The summed E-state index contributed by atoms with van der Waals surface area (Å²) >= 11 is 0. The van der Waals surface area contributed by atoms with Crippen LogP contribution >= 0.6 is 0 Å². The van der Waals surface area contributed by atoms with Crippen LogP contribution in [0.2, 0.25) is 0 Å². The van der Waals surface area contributed by atoms with Crippen molar-refractivity contribution in [2.45, 2.75) is 32.2 Å². The van der Waals surface area contributed by atoms with Crippen LogP contribution in [0.5, 0.6) is 0 Å². The largest absolute Gasteiger partial charge is 0.339 e. The first-order chi connectivity index (χ1) is 7.66. The number of nitrogens with zero attached hydrogens (tertiary/aromatic N) is 2. The van der Waals surface area contributed by atoms with Crippen LogP contribution in [0.15, 0.2) is 0 Å². The fraction of sp³-hybridized carbons (Fsp3) is 0.818. The summed E-state index contributed by atoms with van der Waals surface area (Å²) in [6, 6.07) is 0.422. The Bertz CT molecular complexity index is 281. The number of piperazine rings is 1. The third kappa shape index (κ3) is 2.46. The van der Waals surface area contributed by atoms with E-state index in [1.165, 1.54) is 6.42 Å². The number of carbonyl (C=O) groups excluding carboxylic acids is 2. The normalized spacial score (nSPS) is 21.6. The molecule has 90 valence electrons. The Labute approximate surface area is 95.8 Å². The highest BCUT2D eigenvalue weighted by molar-refractivity contribution is 5.76. The smallest absolute Gasteiger partial charge is 0.317 e. The van der Waals surface area contributed by atoms with Gasteiger partial charge in [-0.15, -0.1) is 0 Å². The lowest BCUT2D eigenvalue weighted by molar-refractivity contribution is -0.130. The molecule has 0 unspecified atom stereocenters. The van der Waals surface area contributed by atoms with Crippen molar-refractivity contribution < 1.29 is 9.59 Å². The van der Waals surface area contributed by atoms with Crippen LogP contribution in [0.4, 0.5) is 4.79 Å². The minimum Gasteiger partial charge on any atom is -0.339 e. The predicted octanol–water partition coefficient (Wildman–Crippen LogP) is 0.413. The van der Waals surface area contributed by atoms with Gasteiger partial charge in [-0.1, -0.05) is 0 Å². The monoisotopic (exact) mass is 225 g/mol. The van der Waals surface area contributed by atoms with Gasteiger partial charge in [0.15, 0.2) is 0 Å². The average Bonchev–Trinajstić information content (AvgIpc) is 2.23. The number of hydrogen-bond acceptors (Lipinski definition) is 2. The first-order valence-electron chi connectivity index (χ1n) is 5.98. The second kappa shape index (κ2) is 4.72. The lowest BCUT2D eigenvalue weighted by Crippen LogP contribution is -2.55. The molecule has 1 N–H and O–H groups in total. The lowest BCUT2D eigenvalue weighted by Gasteiger charge is -2.36. The summed E-state index contributed by atoms with van der Waals surface area (Å²) in [5.41, 5.74) is 0. The molecule has 1 saturated carbocycles. The minimum absolute atomic E-state index is 0.0351. The molecule has 0 aromatic rings. The van der Waals surface area contributed by atoms with Crippen molar-refractivity contribution in [3.05, 3.63) is 0 Å². The number of nitrogens with one attached hydrogen (secondary N) is 1. The van der Waals surface area contributed by atoms with Crippen molar-refractivity contribution in [3.63, 3.8) is 0 Å². The maximum Gasteiger partial charge on any atom is 0.317 e. The van der Waals surface area contributed by atoms with Crippen LogP contribution in [0.3, 0.4) is 0 Å². The molecule has 16 heavy (non-hydrogen) atoms. The standard InChI is InChI=1S/C11H19N3O2/c1-9(15)13-5-7-14(8-6-13)11(16)12-10-3-2-4-10/h10H,2-8H2,1H3,(H,12,16). The minimum atomic E-state index is 0.0351. The number of rotatable bonds is 1. The Kier molecular flexibility index (Phi) is 3.31. The van der Waals surface area contributed by atoms with Gasteiger partial charge in [-0.2, -0.15) is 0 Å². The van der Waals surface area contributed by atoms with E-state index in [1.807, 2.05) is 0 Å². The zero-order valence-corrected chi connectivity index (χ0v) is 9.74. The van der Waals surface area contributed by atoms with E-state index >= 15 is 0 Å². The third-order valence-corrected chi connectivity index (χ3v) is 3.44. The van der Waals surface area contributed by atoms with Gasteiger partial charge in [-0.3, -0.25) is 4.79 Å². The molecule has 1 aliphatic heterocycles. The number of hydrogen-bond donors (Lipinski definition) is 1. The van der Waals surface area contributed by atoms with Crippen molar-refractivity contribution in [1.82, 2.24) is 15.1 Å². The number of carbonyl (C=O) groups is 2. The van der Waals surface area contributed by atoms with Crippen LogP contribution < -0.4 is 5.32 Å². The summed E-state index contributed by atoms with van der Waals surface area (Å²) < 4.78 is 0. The van der Waals surface area contributed by atoms with Crippen molar-refractivity contribution in [2.75, 3.05) is 26.2 Å². The molecule has 2 fully saturated rings. The van der Waals surface area contributed by atoms with Gasteiger partial charge in [-0.25, -0.2) is 4.79 Å². The molecule has 3 amide bonds. The molecule has 1 heterocycles. The van der Waals surface area contributed by atoms with E-state index in [0.29, 0.717) is 32.2 Å². The summed E-state index contributed by atoms with van der Waals surface area (Å²) in [6.07, 6.45) is 3.45. The second-order valence-corrected chi connectivity index (χ2v) is 4.57. The summed E-state index contributed by atoms with van der Waals surface area (Å²) in [5.74, 6) is 0.0963. The van der Waals surface area contributed by atoms with Gasteiger partial charge in [0, 0.05) is 39.1 Å². The SMILES string of the molecule is CC(=O)N1CCN(C(=O)NC2CCC2)CC1. The molecule has 2 aliphatic rings. The molecule has 0 radical (unpaired) electrons. The Morgan fingerprint density at radius 3 is 2.06 bits per heavy atom. The topological polar surface area (TPSA) is 52.7 Å². The summed E-state index contributed by atoms with van der Waals surface area (Å²) in [5, 5.41) is 3.01. The van der Waals surface area contributed by atoms with Crippen molar-refractivity contribution in [1.29, 1.82) is 0 Å². The Morgan fingerprint density at radius 1 is 1.06 bits per heavy atom. The third-order valence-electron chi connectivity index (χ3n) is 3.44. The highest BCUT2D eigenvalue weighted by Gasteiger charge is 2.25. The molecular weight excluding hydrogens is 206 g/mol. The Balaban J connectivity index is 1.74. The Hall–Kier alpha value is -1.26.